The van der Waals surface area contributed by atoms with Gasteiger partial charge in [-0.1, -0.05) is 0 Å². The minimum absolute atomic E-state index is 0.0260. The van der Waals surface area contributed by atoms with Gasteiger partial charge in [-0.3, -0.25) is 4.79 Å². The number of aliphatic hydroxyl groups is 1. The zero-order chi connectivity index (χ0) is 19.8. The molecule has 10 nitrogen and oxygen atoms in total. The standard InChI is InChI=1S/C17H35NO9/c18-17(20)1-3-21-5-7-23-9-11-25-13-15-27-16-14-26-12-10-24-8-6-22-4-2-19/h19H,1-16H2,(H2,18,20). The predicted octanol–water partition coefficient (Wildman–Crippen LogP) is -1.03. The molecule has 3 N–H and O–H groups in total. The number of carbonyl (C=O) groups excluding carboxylic acids is 1. The third kappa shape index (κ3) is 25.2. The molecule has 0 aliphatic heterocycles. The quantitative estimate of drug-likeness (QED) is 0.208. The third-order valence-electron chi connectivity index (χ3n) is 2.96. The van der Waals surface area contributed by atoms with Gasteiger partial charge in [0, 0.05) is 6.42 Å². The molecule has 0 aromatic heterocycles. The molecule has 0 unspecified atom stereocenters. The number of rotatable bonds is 23. The number of amides is 1. The van der Waals surface area contributed by atoms with E-state index in [1.807, 2.05) is 0 Å². The second kappa shape index (κ2) is 23.2. The van der Waals surface area contributed by atoms with E-state index in [-0.39, 0.29) is 18.9 Å². The van der Waals surface area contributed by atoms with E-state index in [1.54, 1.807) is 0 Å². The van der Waals surface area contributed by atoms with Crippen molar-refractivity contribution in [2.75, 3.05) is 99.1 Å². The molecule has 0 aliphatic carbocycles. The van der Waals surface area contributed by atoms with Gasteiger partial charge in [0.15, 0.2) is 0 Å². The van der Waals surface area contributed by atoms with Gasteiger partial charge in [-0.25, -0.2) is 0 Å². The highest BCUT2D eigenvalue weighted by atomic mass is 16.6. The van der Waals surface area contributed by atoms with Gasteiger partial charge < -0.3 is 44.0 Å². The normalized spacial score (nSPS) is 11.1. The number of ether oxygens (including phenoxy) is 7. The van der Waals surface area contributed by atoms with Crippen LogP contribution in [-0.2, 0) is 38.0 Å². The Labute approximate surface area is 161 Å². The van der Waals surface area contributed by atoms with Crippen molar-refractivity contribution in [3.05, 3.63) is 0 Å². The van der Waals surface area contributed by atoms with Crippen LogP contribution in [0.3, 0.4) is 0 Å². The van der Waals surface area contributed by atoms with Crippen LogP contribution in [0.1, 0.15) is 6.42 Å². The van der Waals surface area contributed by atoms with Gasteiger partial charge in [0.2, 0.25) is 5.91 Å². The van der Waals surface area contributed by atoms with Crippen molar-refractivity contribution in [3.8, 4) is 0 Å². The van der Waals surface area contributed by atoms with E-state index in [4.69, 9.17) is 44.0 Å². The molecule has 0 atom stereocenters. The van der Waals surface area contributed by atoms with Gasteiger partial charge in [0.25, 0.3) is 0 Å². The Morgan fingerprint density at radius 3 is 1.04 bits per heavy atom. The first kappa shape index (κ1) is 26.1. The van der Waals surface area contributed by atoms with E-state index < -0.39 is 0 Å². The Morgan fingerprint density at radius 2 is 0.778 bits per heavy atom. The molecular weight excluding hydrogens is 362 g/mol. The van der Waals surface area contributed by atoms with Crippen LogP contribution >= 0.6 is 0 Å². The van der Waals surface area contributed by atoms with Crippen molar-refractivity contribution in [2.24, 2.45) is 5.73 Å². The average Bonchev–Trinajstić information content (AvgIpc) is 2.65. The second-order valence-corrected chi connectivity index (χ2v) is 5.23. The van der Waals surface area contributed by atoms with Gasteiger partial charge in [0.1, 0.15) is 0 Å². The number of hydrogen-bond donors (Lipinski definition) is 2. The van der Waals surface area contributed by atoms with Gasteiger partial charge in [-0.15, -0.1) is 0 Å². The smallest absolute Gasteiger partial charge is 0.219 e. The highest BCUT2D eigenvalue weighted by Crippen LogP contribution is 1.86. The molecule has 0 aromatic rings. The SMILES string of the molecule is NC(=O)CCOCCOCCOCCOCCOCCOCCOCCO. The number of primary amides is 1. The predicted molar refractivity (Wildman–Crippen MR) is 96.6 cm³/mol. The molecule has 0 radical (unpaired) electrons. The average molecular weight is 397 g/mol. The summed E-state index contributed by atoms with van der Waals surface area (Å²) < 4.78 is 36.8. The number of hydrogen-bond acceptors (Lipinski definition) is 9. The summed E-state index contributed by atoms with van der Waals surface area (Å²) in [6, 6.07) is 0. The molecular formula is C17H35NO9. The van der Waals surface area contributed by atoms with Crippen LogP contribution in [0, 0.1) is 0 Å². The molecule has 0 spiro atoms. The topological polar surface area (TPSA) is 128 Å². The largest absolute Gasteiger partial charge is 0.394 e. The molecule has 0 saturated carbocycles. The Balaban J connectivity index is 2.98. The number of carbonyl (C=O) groups is 1. The maximum Gasteiger partial charge on any atom is 0.219 e. The van der Waals surface area contributed by atoms with Crippen molar-refractivity contribution in [2.45, 2.75) is 6.42 Å². The zero-order valence-corrected chi connectivity index (χ0v) is 16.1. The van der Waals surface area contributed by atoms with Gasteiger partial charge in [0.05, 0.1) is 99.1 Å². The summed E-state index contributed by atoms with van der Waals surface area (Å²) in [6.07, 6.45) is 0.226. The Hall–Kier alpha value is -0.850. The molecule has 0 bridgehead atoms. The summed E-state index contributed by atoms with van der Waals surface area (Å²) in [6.45, 7) is 6.50. The molecule has 1 amide bonds. The summed E-state index contributed by atoms with van der Waals surface area (Å²) in [4.78, 5) is 10.5. The summed E-state index contributed by atoms with van der Waals surface area (Å²) in [5.74, 6) is -0.371. The van der Waals surface area contributed by atoms with Crippen LogP contribution in [0.5, 0.6) is 0 Å². The highest BCUT2D eigenvalue weighted by Gasteiger charge is 1.96. The molecule has 0 heterocycles. The Kier molecular flexibility index (Phi) is 22.5. The maximum absolute atomic E-state index is 10.5. The van der Waals surface area contributed by atoms with Crippen LogP contribution < -0.4 is 5.73 Å². The van der Waals surface area contributed by atoms with Crippen LogP contribution in [0.2, 0.25) is 0 Å². The van der Waals surface area contributed by atoms with E-state index in [0.29, 0.717) is 92.5 Å². The molecule has 0 fully saturated rings. The molecule has 10 heteroatoms. The zero-order valence-electron chi connectivity index (χ0n) is 16.1. The Bertz CT molecular complexity index is 308. The van der Waals surface area contributed by atoms with E-state index in [9.17, 15) is 4.79 Å². The maximum atomic E-state index is 10.5. The van der Waals surface area contributed by atoms with Gasteiger partial charge >= 0.3 is 0 Å². The van der Waals surface area contributed by atoms with E-state index >= 15 is 0 Å². The minimum atomic E-state index is -0.371. The molecule has 27 heavy (non-hydrogen) atoms. The van der Waals surface area contributed by atoms with Crippen molar-refractivity contribution >= 4 is 5.91 Å². The van der Waals surface area contributed by atoms with Gasteiger partial charge in [-0.2, -0.15) is 0 Å². The highest BCUT2D eigenvalue weighted by molar-refractivity contribution is 5.73. The summed E-state index contributed by atoms with van der Waals surface area (Å²) in [7, 11) is 0. The molecule has 0 rings (SSSR count). The fourth-order valence-electron chi connectivity index (χ4n) is 1.66. The fraction of sp³-hybridized carbons (Fsp3) is 0.941. The van der Waals surface area contributed by atoms with Crippen LogP contribution in [0.25, 0.3) is 0 Å². The second-order valence-electron chi connectivity index (χ2n) is 5.23. The van der Waals surface area contributed by atoms with E-state index in [2.05, 4.69) is 0 Å². The lowest BCUT2D eigenvalue weighted by Crippen LogP contribution is -2.16. The van der Waals surface area contributed by atoms with Crippen molar-refractivity contribution in [3.63, 3.8) is 0 Å². The molecule has 0 saturated heterocycles. The van der Waals surface area contributed by atoms with Crippen LogP contribution in [-0.4, -0.2) is 110 Å². The first-order valence-electron chi connectivity index (χ1n) is 9.20. The van der Waals surface area contributed by atoms with E-state index in [1.165, 1.54) is 0 Å². The molecule has 0 aromatic carbocycles. The van der Waals surface area contributed by atoms with Crippen molar-refractivity contribution in [1.82, 2.24) is 0 Å². The lowest BCUT2D eigenvalue weighted by molar-refractivity contribution is -0.119. The summed E-state index contributed by atoms with van der Waals surface area (Å²) in [5.41, 5.74) is 4.98. The fourth-order valence-corrected chi connectivity index (χ4v) is 1.66. The van der Waals surface area contributed by atoms with Crippen LogP contribution in [0.4, 0.5) is 0 Å². The van der Waals surface area contributed by atoms with E-state index in [0.717, 1.165) is 0 Å². The van der Waals surface area contributed by atoms with Crippen LogP contribution in [0.15, 0.2) is 0 Å². The molecule has 162 valence electrons. The van der Waals surface area contributed by atoms with Crippen molar-refractivity contribution < 1.29 is 43.1 Å². The lowest BCUT2D eigenvalue weighted by atomic mass is 10.4. The monoisotopic (exact) mass is 397 g/mol. The third-order valence-corrected chi connectivity index (χ3v) is 2.96. The first-order valence-corrected chi connectivity index (χ1v) is 9.20. The number of nitrogens with two attached hydrogens (primary N) is 1. The molecule has 0 aliphatic rings. The van der Waals surface area contributed by atoms with Gasteiger partial charge in [-0.05, 0) is 0 Å². The lowest BCUT2D eigenvalue weighted by Gasteiger charge is -2.08. The Morgan fingerprint density at radius 1 is 0.519 bits per heavy atom. The minimum Gasteiger partial charge on any atom is -0.394 e. The van der Waals surface area contributed by atoms with Crippen molar-refractivity contribution in [1.29, 1.82) is 0 Å². The first-order chi connectivity index (χ1) is 13.3. The summed E-state index contributed by atoms with van der Waals surface area (Å²) >= 11 is 0. The summed E-state index contributed by atoms with van der Waals surface area (Å²) in [5, 5.41) is 8.51. The number of aliphatic hydroxyl groups excluding tert-OH is 1.